The van der Waals surface area contributed by atoms with Crippen LogP contribution < -0.4 is 10.1 Å². The van der Waals surface area contributed by atoms with Gasteiger partial charge in [0.15, 0.2) is 5.82 Å². The van der Waals surface area contributed by atoms with Gasteiger partial charge in [0.2, 0.25) is 0 Å². The number of nitrogens with one attached hydrogen (secondary N) is 1. The van der Waals surface area contributed by atoms with Gasteiger partial charge in [-0.05, 0) is 31.4 Å². The molecule has 8 nitrogen and oxygen atoms in total. The van der Waals surface area contributed by atoms with Crippen LogP contribution in [0.3, 0.4) is 0 Å². The van der Waals surface area contributed by atoms with E-state index in [-0.39, 0.29) is 29.8 Å². The minimum absolute atomic E-state index is 0.0843. The minimum atomic E-state index is -0.535. The molecular formula is C21H21ClFN5O3. The average molecular weight is 446 g/mol. The summed E-state index contributed by atoms with van der Waals surface area (Å²) in [6.45, 7) is 1.38. The number of hydrogen-bond donors (Lipinski definition) is 1. The molecule has 10 heteroatoms. The monoisotopic (exact) mass is 445 g/mol. The van der Waals surface area contributed by atoms with E-state index in [2.05, 4.69) is 15.4 Å². The maximum atomic E-state index is 14.6. The fourth-order valence-corrected chi connectivity index (χ4v) is 4.54. The van der Waals surface area contributed by atoms with Gasteiger partial charge in [0.25, 0.3) is 5.91 Å². The van der Waals surface area contributed by atoms with Crippen molar-refractivity contribution in [2.75, 3.05) is 13.7 Å². The van der Waals surface area contributed by atoms with Gasteiger partial charge in [0, 0.05) is 12.1 Å². The SMILES string of the molecule is COc1ccc(F)c(-n2ncc3c2COCC3NC(=O)c2ncn3c2CCCC3)c1Cl. The number of carbonyl (C=O) groups is 1. The number of ether oxygens (including phenoxy) is 2. The summed E-state index contributed by atoms with van der Waals surface area (Å²) in [5, 5.41) is 7.46. The maximum Gasteiger partial charge on any atom is 0.272 e. The standard InChI is InChI=1S/C21H21ClFN5O3/c1-30-17-6-5-13(23)20(18(17)22)28-16-10-31-9-14(12(16)8-25-28)26-21(29)19-15-4-2-3-7-27(15)11-24-19/h5-6,8,11,14H,2-4,7,9-10H2,1H3,(H,26,29). The molecule has 0 bridgehead atoms. The second-order valence-corrected chi connectivity index (χ2v) is 7.98. The number of halogens is 2. The van der Waals surface area contributed by atoms with E-state index < -0.39 is 11.9 Å². The lowest BCUT2D eigenvalue weighted by Gasteiger charge is -2.25. The van der Waals surface area contributed by atoms with Crippen molar-refractivity contribution in [1.82, 2.24) is 24.6 Å². The Morgan fingerprint density at radius 1 is 1.35 bits per heavy atom. The lowest BCUT2D eigenvalue weighted by atomic mass is 10.0. The third kappa shape index (κ3) is 3.37. The molecule has 2 aliphatic rings. The average Bonchev–Trinajstić information content (AvgIpc) is 3.39. The van der Waals surface area contributed by atoms with Crippen molar-refractivity contribution in [1.29, 1.82) is 0 Å². The smallest absolute Gasteiger partial charge is 0.272 e. The first kappa shape index (κ1) is 20.0. The molecule has 0 radical (unpaired) electrons. The molecule has 0 saturated carbocycles. The van der Waals surface area contributed by atoms with Gasteiger partial charge in [-0.15, -0.1) is 0 Å². The molecule has 3 aromatic rings. The first-order chi connectivity index (χ1) is 15.1. The Balaban J connectivity index is 1.46. The molecule has 2 aliphatic heterocycles. The Morgan fingerprint density at radius 2 is 2.23 bits per heavy atom. The predicted molar refractivity (Wildman–Crippen MR) is 110 cm³/mol. The molecular weight excluding hydrogens is 425 g/mol. The van der Waals surface area contributed by atoms with Crippen LogP contribution in [0.4, 0.5) is 4.39 Å². The minimum Gasteiger partial charge on any atom is -0.495 e. The fraction of sp³-hybridized carbons (Fsp3) is 0.381. The number of nitrogens with zero attached hydrogens (tertiary/aromatic N) is 4. The highest BCUT2D eigenvalue weighted by atomic mass is 35.5. The summed E-state index contributed by atoms with van der Waals surface area (Å²) in [5.74, 6) is -0.448. The summed E-state index contributed by atoms with van der Waals surface area (Å²) < 4.78 is 29.0. The molecule has 0 saturated heterocycles. The number of aromatic nitrogens is 4. The number of rotatable bonds is 4. The Hall–Kier alpha value is -2.91. The second kappa shape index (κ2) is 7.97. The topological polar surface area (TPSA) is 83.2 Å². The Morgan fingerprint density at radius 3 is 3.06 bits per heavy atom. The van der Waals surface area contributed by atoms with Gasteiger partial charge in [-0.25, -0.2) is 14.1 Å². The van der Waals surface area contributed by atoms with E-state index in [1.54, 1.807) is 12.5 Å². The molecule has 0 fully saturated rings. The lowest BCUT2D eigenvalue weighted by Crippen LogP contribution is -2.35. The molecule has 2 aromatic heterocycles. The van der Waals surface area contributed by atoms with Crippen molar-refractivity contribution in [2.45, 2.75) is 38.5 Å². The van der Waals surface area contributed by atoms with E-state index in [0.717, 1.165) is 37.1 Å². The number of amides is 1. The van der Waals surface area contributed by atoms with Crippen molar-refractivity contribution >= 4 is 17.5 Å². The van der Waals surface area contributed by atoms with Crippen LogP contribution in [0.2, 0.25) is 5.02 Å². The molecule has 1 N–H and O–H groups in total. The summed E-state index contributed by atoms with van der Waals surface area (Å²) in [5.41, 5.74) is 2.87. The van der Waals surface area contributed by atoms with Gasteiger partial charge in [0.1, 0.15) is 22.2 Å². The van der Waals surface area contributed by atoms with Crippen LogP contribution in [0.25, 0.3) is 5.69 Å². The number of carbonyl (C=O) groups excluding carboxylic acids is 1. The van der Waals surface area contributed by atoms with Crippen molar-refractivity contribution in [3.63, 3.8) is 0 Å². The molecule has 0 aliphatic carbocycles. The molecule has 5 rings (SSSR count). The van der Waals surface area contributed by atoms with E-state index in [9.17, 15) is 9.18 Å². The Labute approximate surface area is 182 Å². The Bertz CT molecular complexity index is 1160. The molecule has 31 heavy (non-hydrogen) atoms. The molecule has 0 spiro atoms. The van der Waals surface area contributed by atoms with Crippen LogP contribution in [-0.4, -0.2) is 39.0 Å². The van der Waals surface area contributed by atoms with Gasteiger partial charge in [0.05, 0.1) is 50.3 Å². The van der Waals surface area contributed by atoms with Gasteiger partial charge in [-0.3, -0.25) is 4.79 Å². The zero-order valence-corrected chi connectivity index (χ0v) is 17.7. The van der Waals surface area contributed by atoms with E-state index in [1.807, 2.05) is 4.57 Å². The fourth-order valence-electron chi connectivity index (χ4n) is 4.22. The van der Waals surface area contributed by atoms with Crippen LogP contribution in [-0.2, 0) is 24.3 Å². The maximum absolute atomic E-state index is 14.6. The van der Waals surface area contributed by atoms with Gasteiger partial charge in [-0.2, -0.15) is 5.10 Å². The van der Waals surface area contributed by atoms with Gasteiger partial charge in [-0.1, -0.05) is 11.6 Å². The largest absolute Gasteiger partial charge is 0.495 e. The summed E-state index contributed by atoms with van der Waals surface area (Å²) in [4.78, 5) is 17.3. The molecule has 1 unspecified atom stereocenters. The van der Waals surface area contributed by atoms with E-state index in [0.29, 0.717) is 17.1 Å². The van der Waals surface area contributed by atoms with Crippen LogP contribution in [0.5, 0.6) is 5.75 Å². The number of hydrogen-bond acceptors (Lipinski definition) is 5. The molecule has 1 amide bonds. The van der Waals surface area contributed by atoms with Gasteiger partial charge < -0.3 is 19.4 Å². The first-order valence-corrected chi connectivity index (χ1v) is 10.5. The van der Waals surface area contributed by atoms with E-state index in [1.165, 1.54) is 23.9 Å². The normalized spacial score (nSPS) is 17.7. The highest BCUT2D eigenvalue weighted by Gasteiger charge is 2.30. The molecule has 4 heterocycles. The molecule has 1 aromatic carbocycles. The predicted octanol–water partition coefficient (Wildman–Crippen LogP) is 3.21. The third-order valence-electron chi connectivity index (χ3n) is 5.79. The lowest BCUT2D eigenvalue weighted by molar-refractivity contribution is 0.0683. The van der Waals surface area contributed by atoms with Crippen LogP contribution in [0.15, 0.2) is 24.7 Å². The summed E-state index contributed by atoms with van der Waals surface area (Å²) >= 11 is 6.36. The highest BCUT2D eigenvalue weighted by molar-refractivity contribution is 6.33. The van der Waals surface area contributed by atoms with Crippen LogP contribution in [0, 0.1) is 5.82 Å². The summed E-state index contributed by atoms with van der Waals surface area (Å²) in [7, 11) is 1.46. The number of aryl methyl sites for hydroxylation is 1. The number of fused-ring (bicyclic) bond motifs is 2. The number of benzene rings is 1. The second-order valence-electron chi connectivity index (χ2n) is 7.60. The van der Waals surface area contributed by atoms with Crippen molar-refractivity contribution in [2.24, 2.45) is 0 Å². The first-order valence-electron chi connectivity index (χ1n) is 10.1. The number of methoxy groups -OCH3 is 1. The van der Waals surface area contributed by atoms with Crippen molar-refractivity contribution < 1.29 is 18.7 Å². The summed E-state index contributed by atoms with van der Waals surface area (Å²) in [6, 6.07) is 2.31. The zero-order valence-electron chi connectivity index (χ0n) is 16.9. The van der Waals surface area contributed by atoms with Crippen LogP contribution >= 0.6 is 11.6 Å². The third-order valence-corrected chi connectivity index (χ3v) is 6.16. The highest BCUT2D eigenvalue weighted by Crippen LogP contribution is 2.35. The molecule has 162 valence electrons. The zero-order chi connectivity index (χ0) is 21.5. The van der Waals surface area contributed by atoms with Crippen LogP contribution in [0.1, 0.15) is 46.3 Å². The Kier molecular flexibility index (Phi) is 5.15. The van der Waals surface area contributed by atoms with Gasteiger partial charge >= 0.3 is 0 Å². The quantitative estimate of drug-likeness (QED) is 0.666. The molecule has 1 atom stereocenters. The van der Waals surface area contributed by atoms with Crippen molar-refractivity contribution in [3.8, 4) is 11.4 Å². The van der Waals surface area contributed by atoms with Crippen molar-refractivity contribution in [3.05, 3.63) is 58.1 Å². The van der Waals surface area contributed by atoms with E-state index >= 15 is 0 Å². The van der Waals surface area contributed by atoms with E-state index in [4.69, 9.17) is 21.1 Å². The summed E-state index contributed by atoms with van der Waals surface area (Å²) in [6.07, 6.45) is 6.30. The number of imidazole rings is 1.